The van der Waals surface area contributed by atoms with E-state index < -0.39 is 18.7 Å². The molecule has 0 spiro atoms. The first-order valence-corrected chi connectivity index (χ1v) is 9.07. The number of piperazine rings is 1. The van der Waals surface area contributed by atoms with Gasteiger partial charge in [0, 0.05) is 36.3 Å². The molecule has 1 aromatic heterocycles. The zero-order chi connectivity index (χ0) is 18.7. The van der Waals surface area contributed by atoms with E-state index in [1.165, 1.54) is 12.3 Å². The number of aliphatic hydroxyl groups excluding tert-OH is 1. The number of benzene rings is 1. The number of hydrogen-bond acceptors (Lipinski definition) is 4. The maximum absolute atomic E-state index is 12.4. The van der Waals surface area contributed by atoms with Crippen LogP contribution in [0.15, 0.2) is 47.1 Å². The summed E-state index contributed by atoms with van der Waals surface area (Å²) in [6.07, 6.45) is -5.79. The fourth-order valence-electron chi connectivity index (χ4n) is 2.98. The Labute approximate surface area is 158 Å². The van der Waals surface area contributed by atoms with Crippen LogP contribution in [0.2, 0.25) is 0 Å². The zero-order valence-corrected chi connectivity index (χ0v) is 15.5. The highest BCUT2D eigenvalue weighted by Crippen LogP contribution is 2.29. The lowest BCUT2D eigenvalue weighted by Crippen LogP contribution is -2.46. The molecule has 8 heteroatoms. The van der Waals surface area contributed by atoms with Gasteiger partial charge in [-0.05, 0) is 36.4 Å². The summed E-state index contributed by atoms with van der Waals surface area (Å²) in [5.41, 5.74) is 2.06. The minimum absolute atomic E-state index is 0.0413. The first-order valence-electron chi connectivity index (χ1n) is 8.28. The third-order valence-electron chi connectivity index (χ3n) is 4.37. The average Bonchev–Trinajstić information content (AvgIpc) is 2.61. The number of aliphatic hydroxyl groups is 1. The van der Waals surface area contributed by atoms with Crippen LogP contribution < -0.4 is 9.80 Å². The maximum atomic E-state index is 12.4. The molecule has 1 unspecified atom stereocenters. The topological polar surface area (TPSA) is 39.6 Å². The minimum Gasteiger partial charge on any atom is -0.386 e. The van der Waals surface area contributed by atoms with Gasteiger partial charge >= 0.3 is 6.18 Å². The van der Waals surface area contributed by atoms with Gasteiger partial charge in [-0.1, -0.05) is 15.9 Å². The minimum atomic E-state index is -4.41. The van der Waals surface area contributed by atoms with E-state index in [-0.39, 0.29) is 5.69 Å². The predicted molar refractivity (Wildman–Crippen MR) is 98.4 cm³/mol. The number of anilines is 2. The molecule has 2 heterocycles. The first kappa shape index (κ1) is 19.0. The molecule has 4 nitrogen and oxygen atoms in total. The summed E-state index contributed by atoms with van der Waals surface area (Å²) in [6, 6.07) is 11.3. The standard InChI is InChI=1S/C18H19BrF3N3O/c19-13-1-3-14(4-2-13)24-7-9-25(10-8-24)15-5-6-16(23-12-15)17(26)11-18(20,21)22/h1-6,12,17,26H,7-11H2. The molecule has 0 bridgehead atoms. The van der Waals surface area contributed by atoms with E-state index in [2.05, 4.69) is 42.8 Å². The molecule has 0 radical (unpaired) electrons. The van der Waals surface area contributed by atoms with Crippen LogP contribution in [0.4, 0.5) is 24.5 Å². The highest BCUT2D eigenvalue weighted by molar-refractivity contribution is 9.10. The monoisotopic (exact) mass is 429 g/mol. The van der Waals surface area contributed by atoms with E-state index in [0.29, 0.717) is 0 Å². The van der Waals surface area contributed by atoms with Crippen molar-refractivity contribution in [2.75, 3.05) is 36.0 Å². The number of nitrogens with zero attached hydrogens (tertiary/aromatic N) is 3. The van der Waals surface area contributed by atoms with Crippen molar-refractivity contribution in [2.45, 2.75) is 18.7 Å². The lowest BCUT2D eigenvalue weighted by atomic mass is 10.1. The molecular formula is C18H19BrF3N3O. The van der Waals surface area contributed by atoms with E-state index in [4.69, 9.17) is 0 Å². The molecular weight excluding hydrogens is 411 g/mol. The molecule has 1 N–H and O–H groups in total. The smallest absolute Gasteiger partial charge is 0.386 e. The summed E-state index contributed by atoms with van der Waals surface area (Å²) >= 11 is 3.43. The maximum Gasteiger partial charge on any atom is 0.391 e. The Morgan fingerprint density at radius 1 is 0.962 bits per heavy atom. The van der Waals surface area contributed by atoms with Gasteiger partial charge in [-0.25, -0.2) is 0 Å². The Balaban J connectivity index is 1.58. The van der Waals surface area contributed by atoms with Crippen LogP contribution in [0.25, 0.3) is 0 Å². The van der Waals surface area contributed by atoms with Gasteiger partial charge in [0.15, 0.2) is 0 Å². The van der Waals surface area contributed by atoms with Crippen LogP contribution >= 0.6 is 15.9 Å². The third-order valence-corrected chi connectivity index (χ3v) is 4.90. The summed E-state index contributed by atoms with van der Waals surface area (Å²) in [5, 5.41) is 9.63. The number of alkyl halides is 3. The quantitative estimate of drug-likeness (QED) is 0.791. The third kappa shape index (κ3) is 4.88. The van der Waals surface area contributed by atoms with E-state index in [0.717, 1.165) is 42.0 Å². The van der Waals surface area contributed by atoms with Crippen LogP contribution in [0.1, 0.15) is 18.2 Å². The van der Waals surface area contributed by atoms with Crippen molar-refractivity contribution in [3.8, 4) is 0 Å². The van der Waals surface area contributed by atoms with Crippen molar-refractivity contribution >= 4 is 27.3 Å². The largest absolute Gasteiger partial charge is 0.391 e. The van der Waals surface area contributed by atoms with Crippen molar-refractivity contribution in [3.05, 3.63) is 52.8 Å². The Morgan fingerprint density at radius 3 is 2.00 bits per heavy atom. The van der Waals surface area contributed by atoms with Gasteiger partial charge in [0.1, 0.15) is 6.10 Å². The molecule has 1 aliphatic rings. The van der Waals surface area contributed by atoms with Gasteiger partial charge in [-0.2, -0.15) is 13.2 Å². The Morgan fingerprint density at radius 2 is 1.50 bits per heavy atom. The normalized spacial score (nSPS) is 16.7. The lowest BCUT2D eigenvalue weighted by Gasteiger charge is -2.37. The molecule has 3 rings (SSSR count). The summed E-state index contributed by atoms with van der Waals surface area (Å²) in [6.45, 7) is 3.28. The molecule has 2 aromatic rings. The number of halogens is 4. The summed E-state index contributed by atoms with van der Waals surface area (Å²) in [4.78, 5) is 8.45. The predicted octanol–water partition coefficient (Wildman–Crippen LogP) is 4.16. The zero-order valence-electron chi connectivity index (χ0n) is 14.0. The Kier molecular flexibility index (Phi) is 5.72. The van der Waals surface area contributed by atoms with Gasteiger partial charge in [0.2, 0.25) is 0 Å². The van der Waals surface area contributed by atoms with Crippen molar-refractivity contribution in [1.29, 1.82) is 0 Å². The molecule has 0 amide bonds. The lowest BCUT2D eigenvalue weighted by molar-refractivity contribution is -0.154. The molecule has 1 aromatic carbocycles. The number of rotatable bonds is 4. The van der Waals surface area contributed by atoms with E-state index in [1.54, 1.807) is 6.07 Å². The molecule has 0 saturated carbocycles. The fraction of sp³-hybridized carbons (Fsp3) is 0.389. The average molecular weight is 430 g/mol. The molecule has 1 atom stereocenters. The Hall–Kier alpha value is -1.80. The molecule has 1 fully saturated rings. The highest BCUT2D eigenvalue weighted by atomic mass is 79.9. The van der Waals surface area contributed by atoms with Crippen LogP contribution in [0.3, 0.4) is 0 Å². The number of pyridine rings is 1. The second-order valence-corrected chi connectivity index (χ2v) is 7.14. The SMILES string of the molecule is OC(CC(F)(F)F)c1ccc(N2CCN(c3ccc(Br)cc3)CC2)cn1. The molecule has 140 valence electrons. The summed E-state index contributed by atoms with van der Waals surface area (Å²) in [5.74, 6) is 0. The van der Waals surface area contributed by atoms with Crippen molar-refractivity contribution < 1.29 is 18.3 Å². The second-order valence-electron chi connectivity index (χ2n) is 6.23. The molecule has 1 saturated heterocycles. The van der Waals surface area contributed by atoms with E-state index in [9.17, 15) is 18.3 Å². The van der Waals surface area contributed by atoms with Gasteiger partial charge in [0.05, 0.1) is 24.0 Å². The van der Waals surface area contributed by atoms with Gasteiger partial charge in [-0.15, -0.1) is 0 Å². The van der Waals surface area contributed by atoms with E-state index in [1.807, 2.05) is 12.1 Å². The van der Waals surface area contributed by atoms with Gasteiger partial charge in [-0.3, -0.25) is 4.98 Å². The molecule has 1 aliphatic heterocycles. The Bertz CT molecular complexity index is 714. The first-order chi connectivity index (χ1) is 12.3. The molecule has 26 heavy (non-hydrogen) atoms. The van der Waals surface area contributed by atoms with Gasteiger partial charge < -0.3 is 14.9 Å². The molecule has 0 aliphatic carbocycles. The number of hydrogen-bond donors (Lipinski definition) is 1. The summed E-state index contributed by atoms with van der Waals surface area (Å²) in [7, 11) is 0. The fourth-order valence-corrected chi connectivity index (χ4v) is 3.24. The summed E-state index contributed by atoms with van der Waals surface area (Å²) < 4.78 is 38.1. The second kappa shape index (κ2) is 7.84. The van der Waals surface area contributed by atoms with E-state index >= 15 is 0 Å². The highest BCUT2D eigenvalue weighted by Gasteiger charge is 2.32. The van der Waals surface area contributed by atoms with Crippen molar-refractivity contribution in [2.24, 2.45) is 0 Å². The van der Waals surface area contributed by atoms with Crippen LogP contribution in [0, 0.1) is 0 Å². The van der Waals surface area contributed by atoms with Crippen LogP contribution in [-0.2, 0) is 0 Å². The van der Waals surface area contributed by atoms with Crippen molar-refractivity contribution in [1.82, 2.24) is 4.98 Å². The van der Waals surface area contributed by atoms with Crippen LogP contribution in [-0.4, -0.2) is 42.4 Å². The van der Waals surface area contributed by atoms with Crippen LogP contribution in [0.5, 0.6) is 0 Å². The van der Waals surface area contributed by atoms with Gasteiger partial charge in [0.25, 0.3) is 0 Å². The number of aromatic nitrogens is 1. The van der Waals surface area contributed by atoms with Crippen molar-refractivity contribution in [3.63, 3.8) is 0 Å².